The number of halogens is 1. The molecule has 2 amide bonds. The number of anilines is 1. The van der Waals surface area contributed by atoms with Crippen molar-refractivity contribution in [2.75, 3.05) is 26.5 Å². The van der Waals surface area contributed by atoms with Crippen molar-refractivity contribution in [2.45, 2.75) is 6.61 Å². The van der Waals surface area contributed by atoms with Crippen LogP contribution in [0.4, 0.5) is 5.69 Å². The maximum Gasteiger partial charge on any atom is 0.259 e. The molecule has 0 fully saturated rings. The van der Waals surface area contributed by atoms with Crippen molar-refractivity contribution in [1.82, 2.24) is 4.90 Å². The highest BCUT2D eigenvalue weighted by Gasteiger charge is 2.17. The van der Waals surface area contributed by atoms with Crippen LogP contribution in [-0.2, 0) is 6.61 Å². The maximum atomic E-state index is 13.0. The van der Waals surface area contributed by atoms with Gasteiger partial charge in [-0.25, -0.2) is 0 Å². The van der Waals surface area contributed by atoms with Crippen LogP contribution in [-0.4, -0.2) is 37.9 Å². The van der Waals surface area contributed by atoms with Gasteiger partial charge in [0.05, 0.1) is 18.4 Å². The van der Waals surface area contributed by atoms with Crippen molar-refractivity contribution in [2.24, 2.45) is 0 Å². The number of amides is 2. The van der Waals surface area contributed by atoms with Gasteiger partial charge < -0.3 is 19.7 Å². The number of benzene rings is 3. The highest BCUT2D eigenvalue weighted by atomic mass is 79.9. The monoisotopic (exact) mass is 482 g/mol. The summed E-state index contributed by atoms with van der Waals surface area (Å²) in [7, 11) is 4.85. The molecule has 0 aliphatic rings. The highest BCUT2D eigenvalue weighted by molar-refractivity contribution is 9.10. The molecule has 0 aromatic heterocycles. The van der Waals surface area contributed by atoms with Crippen molar-refractivity contribution in [3.8, 4) is 11.5 Å². The normalized spacial score (nSPS) is 10.3. The van der Waals surface area contributed by atoms with E-state index in [1.54, 1.807) is 50.5 Å². The molecule has 6 nitrogen and oxygen atoms in total. The van der Waals surface area contributed by atoms with E-state index in [0.29, 0.717) is 34.9 Å². The molecule has 0 radical (unpaired) electrons. The Balaban J connectivity index is 1.83. The Labute approximate surface area is 189 Å². The molecule has 31 heavy (non-hydrogen) atoms. The van der Waals surface area contributed by atoms with Gasteiger partial charge >= 0.3 is 0 Å². The zero-order valence-corrected chi connectivity index (χ0v) is 19.1. The molecule has 0 saturated carbocycles. The molecule has 0 heterocycles. The van der Waals surface area contributed by atoms with E-state index >= 15 is 0 Å². The van der Waals surface area contributed by atoms with Gasteiger partial charge in [-0.3, -0.25) is 9.59 Å². The summed E-state index contributed by atoms with van der Waals surface area (Å²) < 4.78 is 12.2. The second-order valence-corrected chi connectivity index (χ2v) is 7.80. The van der Waals surface area contributed by atoms with E-state index in [1.807, 2.05) is 30.3 Å². The van der Waals surface area contributed by atoms with Crippen LogP contribution < -0.4 is 14.8 Å². The van der Waals surface area contributed by atoms with Gasteiger partial charge in [0, 0.05) is 29.7 Å². The van der Waals surface area contributed by atoms with Crippen LogP contribution in [0.5, 0.6) is 11.5 Å². The maximum absolute atomic E-state index is 13.0. The highest BCUT2D eigenvalue weighted by Crippen LogP contribution is 2.28. The van der Waals surface area contributed by atoms with Gasteiger partial charge in [-0.1, -0.05) is 46.3 Å². The van der Waals surface area contributed by atoms with Crippen LogP contribution >= 0.6 is 15.9 Å². The number of para-hydroxylation sites is 1. The van der Waals surface area contributed by atoms with Crippen LogP contribution in [0, 0.1) is 0 Å². The number of carbonyl (C=O) groups is 2. The molecule has 3 aromatic carbocycles. The Kier molecular flexibility index (Phi) is 7.31. The number of carbonyl (C=O) groups excluding carboxylic acids is 2. The quantitative estimate of drug-likeness (QED) is 0.514. The molecular formula is C24H23BrN2O4. The lowest BCUT2D eigenvalue weighted by Gasteiger charge is -2.16. The van der Waals surface area contributed by atoms with Gasteiger partial charge in [-0.15, -0.1) is 0 Å². The molecule has 7 heteroatoms. The molecular weight excluding hydrogens is 460 g/mol. The zero-order chi connectivity index (χ0) is 22.4. The standard InChI is InChI=1S/C24H23BrN2O4/c1-27(2)24(29)16-12-13-22(30-3)20(14-16)26-23(28)18-9-5-7-11-21(18)31-15-17-8-4-6-10-19(17)25/h4-14H,15H2,1-3H3,(H,26,28). The topological polar surface area (TPSA) is 67.9 Å². The number of methoxy groups -OCH3 is 1. The fourth-order valence-electron chi connectivity index (χ4n) is 2.94. The van der Waals surface area contributed by atoms with Crippen molar-refractivity contribution in [3.05, 3.63) is 87.9 Å². The van der Waals surface area contributed by atoms with E-state index in [4.69, 9.17) is 9.47 Å². The Bertz CT molecular complexity index is 1100. The van der Waals surface area contributed by atoms with Crippen LogP contribution in [0.25, 0.3) is 0 Å². The Morgan fingerprint density at radius 2 is 1.68 bits per heavy atom. The van der Waals surface area contributed by atoms with Crippen molar-refractivity contribution < 1.29 is 19.1 Å². The number of ether oxygens (including phenoxy) is 2. The van der Waals surface area contributed by atoms with Gasteiger partial charge in [0.1, 0.15) is 18.1 Å². The number of nitrogens with one attached hydrogen (secondary N) is 1. The Morgan fingerprint density at radius 1 is 0.968 bits per heavy atom. The van der Waals surface area contributed by atoms with Gasteiger partial charge in [0.25, 0.3) is 11.8 Å². The molecule has 0 bridgehead atoms. The molecule has 0 atom stereocenters. The van der Waals surface area contributed by atoms with E-state index in [9.17, 15) is 9.59 Å². The predicted molar refractivity (Wildman–Crippen MR) is 124 cm³/mol. The summed E-state index contributed by atoms with van der Waals surface area (Å²) in [6, 6.07) is 19.7. The minimum Gasteiger partial charge on any atom is -0.495 e. The predicted octanol–water partition coefficient (Wildman–Crippen LogP) is 4.99. The van der Waals surface area contributed by atoms with E-state index in [2.05, 4.69) is 21.2 Å². The third-order valence-electron chi connectivity index (χ3n) is 4.57. The average molecular weight is 483 g/mol. The first-order chi connectivity index (χ1) is 14.9. The van der Waals surface area contributed by atoms with Crippen LogP contribution in [0.15, 0.2) is 71.2 Å². The first-order valence-electron chi connectivity index (χ1n) is 9.57. The minimum atomic E-state index is -0.365. The first kappa shape index (κ1) is 22.4. The second kappa shape index (κ2) is 10.1. The molecule has 3 rings (SSSR count). The SMILES string of the molecule is COc1ccc(C(=O)N(C)C)cc1NC(=O)c1ccccc1OCc1ccccc1Br. The van der Waals surface area contributed by atoms with Gasteiger partial charge in [-0.2, -0.15) is 0 Å². The third kappa shape index (κ3) is 5.44. The molecule has 160 valence electrons. The first-order valence-corrected chi connectivity index (χ1v) is 10.4. The third-order valence-corrected chi connectivity index (χ3v) is 5.35. The van der Waals surface area contributed by atoms with E-state index in [0.717, 1.165) is 10.0 Å². The molecule has 1 N–H and O–H groups in total. The average Bonchev–Trinajstić information content (AvgIpc) is 2.78. The van der Waals surface area contributed by atoms with Gasteiger partial charge in [-0.05, 0) is 36.4 Å². The van der Waals surface area contributed by atoms with Gasteiger partial charge in [0.2, 0.25) is 0 Å². The lowest BCUT2D eigenvalue weighted by atomic mass is 10.1. The summed E-state index contributed by atoms with van der Waals surface area (Å²) in [4.78, 5) is 26.8. The summed E-state index contributed by atoms with van der Waals surface area (Å²) in [5.74, 6) is 0.372. The second-order valence-electron chi connectivity index (χ2n) is 6.95. The summed E-state index contributed by atoms with van der Waals surface area (Å²) in [6.07, 6.45) is 0. The van der Waals surface area contributed by atoms with Crippen LogP contribution in [0.1, 0.15) is 26.3 Å². The molecule has 3 aromatic rings. The summed E-state index contributed by atoms with van der Waals surface area (Å²) in [5, 5.41) is 2.84. The van der Waals surface area contributed by atoms with Crippen molar-refractivity contribution >= 4 is 33.4 Å². The van der Waals surface area contributed by atoms with E-state index < -0.39 is 0 Å². The molecule has 0 unspecified atom stereocenters. The number of nitrogens with zero attached hydrogens (tertiary/aromatic N) is 1. The summed E-state index contributed by atoms with van der Waals surface area (Å²) in [6.45, 7) is 0.307. The lowest BCUT2D eigenvalue weighted by molar-refractivity contribution is 0.0827. The Morgan fingerprint density at radius 3 is 2.39 bits per heavy atom. The Hall–Kier alpha value is -3.32. The molecule has 0 saturated heterocycles. The minimum absolute atomic E-state index is 0.171. The lowest BCUT2D eigenvalue weighted by Crippen LogP contribution is -2.22. The van der Waals surface area contributed by atoms with E-state index in [-0.39, 0.29) is 11.8 Å². The fraction of sp³-hybridized carbons (Fsp3) is 0.167. The summed E-state index contributed by atoms with van der Waals surface area (Å²) >= 11 is 3.50. The van der Waals surface area contributed by atoms with E-state index in [1.165, 1.54) is 12.0 Å². The molecule has 0 spiro atoms. The number of hydrogen-bond acceptors (Lipinski definition) is 4. The molecule has 0 aliphatic heterocycles. The van der Waals surface area contributed by atoms with Crippen molar-refractivity contribution in [3.63, 3.8) is 0 Å². The number of rotatable bonds is 7. The van der Waals surface area contributed by atoms with Crippen LogP contribution in [0.3, 0.4) is 0 Å². The largest absolute Gasteiger partial charge is 0.495 e. The smallest absolute Gasteiger partial charge is 0.259 e. The zero-order valence-electron chi connectivity index (χ0n) is 17.5. The number of hydrogen-bond donors (Lipinski definition) is 1. The molecule has 0 aliphatic carbocycles. The van der Waals surface area contributed by atoms with Gasteiger partial charge in [0.15, 0.2) is 0 Å². The summed E-state index contributed by atoms with van der Waals surface area (Å²) in [5.41, 5.74) is 2.19. The van der Waals surface area contributed by atoms with Crippen molar-refractivity contribution in [1.29, 1.82) is 0 Å². The van der Waals surface area contributed by atoms with Crippen LogP contribution in [0.2, 0.25) is 0 Å². The fourth-order valence-corrected chi connectivity index (χ4v) is 3.34.